The Morgan fingerprint density at radius 2 is 2.28 bits per heavy atom. The van der Waals surface area contributed by atoms with E-state index in [1.165, 1.54) is 23.0 Å². The van der Waals surface area contributed by atoms with E-state index in [1.807, 2.05) is 6.07 Å². The summed E-state index contributed by atoms with van der Waals surface area (Å²) in [6, 6.07) is 6.97. The van der Waals surface area contributed by atoms with Crippen molar-refractivity contribution in [3.8, 4) is 0 Å². The largest absolute Gasteiger partial charge is 0.397 e. The Bertz CT molecular complexity index is 408. The summed E-state index contributed by atoms with van der Waals surface area (Å²) in [7, 11) is 2.14. The van der Waals surface area contributed by atoms with Crippen LogP contribution in [0.2, 0.25) is 0 Å². The molecule has 1 fully saturated rings. The summed E-state index contributed by atoms with van der Waals surface area (Å²) in [5.74, 6) is 0. The Kier molecular flexibility index (Phi) is 4.72. The van der Waals surface area contributed by atoms with Crippen molar-refractivity contribution in [2.45, 2.75) is 25.8 Å². The third kappa shape index (κ3) is 3.09. The van der Waals surface area contributed by atoms with E-state index in [-0.39, 0.29) is 0 Å². The molecule has 2 rings (SSSR count). The maximum atomic E-state index is 6.10. The number of nitrogen functional groups attached to an aromatic ring is 1. The van der Waals surface area contributed by atoms with Gasteiger partial charge in [-0.25, -0.2) is 0 Å². The minimum Gasteiger partial charge on any atom is -0.397 e. The van der Waals surface area contributed by atoms with E-state index in [1.54, 1.807) is 0 Å². The molecule has 1 aliphatic rings. The van der Waals surface area contributed by atoms with Crippen molar-refractivity contribution in [1.82, 2.24) is 4.90 Å². The lowest BCUT2D eigenvalue weighted by atomic mass is 10.2. The number of nitrogens with zero attached hydrogens (tertiary/aromatic N) is 2. The first kappa shape index (κ1) is 13.9. The van der Waals surface area contributed by atoms with Gasteiger partial charge >= 0.3 is 0 Å². The van der Waals surface area contributed by atoms with Crippen LogP contribution in [0.1, 0.15) is 19.8 Å². The molecule has 4 heteroatoms. The Labute approximate surface area is 123 Å². The summed E-state index contributed by atoms with van der Waals surface area (Å²) in [5.41, 5.74) is 8.13. The predicted molar refractivity (Wildman–Crippen MR) is 87.1 cm³/mol. The standard InChI is InChI=1S/C14H22IN3/c1-3-18-8-4-5-12(18)10-17(2)14-7-6-11(15)9-13(14)16/h6-7,9,12H,3-5,8,10,16H2,1-2H3. The van der Waals surface area contributed by atoms with Gasteiger partial charge in [-0.3, -0.25) is 4.90 Å². The SMILES string of the molecule is CCN1CCCC1CN(C)c1ccc(I)cc1N. The molecule has 3 nitrogen and oxygen atoms in total. The van der Waals surface area contributed by atoms with E-state index in [0.29, 0.717) is 6.04 Å². The monoisotopic (exact) mass is 359 g/mol. The van der Waals surface area contributed by atoms with Crippen molar-refractivity contribution in [3.05, 3.63) is 21.8 Å². The zero-order valence-corrected chi connectivity index (χ0v) is 13.4. The number of anilines is 2. The van der Waals surface area contributed by atoms with E-state index >= 15 is 0 Å². The second-order valence-electron chi connectivity index (χ2n) is 5.01. The highest BCUT2D eigenvalue weighted by atomic mass is 127. The average Bonchev–Trinajstić information content (AvgIpc) is 2.76. The Hall–Kier alpha value is -0.490. The molecule has 1 saturated heterocycles. The zero-order chi connectivity index (χ0) is 13.1. The summed E-state index contributed by atoms with van der Waals surface area (Å²) in [5, 5.41) is 0. The lowest BCUT2D eigenvalue weighted by Crippen LogP contribution is -2.38. The predicted octanol–water partition coefficient (Wildman–Crippen LogP) is 2.79. The molecule has 1 aromatic rings. The molecule has 0 saturated carbocycles. The maximum absolute atomic E-state index is 6.10. The van der Waals surface area contributed by atoms with Crippen molar-refractivity contribution in [2.75, 3.05) is 37.3 Å². The first-order chi connectivity index (χ1) is 8.61. The van der Waals surface area contributed by atoms with Crippen LogP contribution in [-0.2, 0) is 0 Å². The van der Waals surface area contributed by atoms with E-state index in [9.17, 15) is 0 Å². The van der Waals surface area contributed by atoms with Crippen LogP contribution in [0, 0.1) is 3.57 Å². The van der Waals surface area contributed by atoms with Crippen LogP contribution in [0.25, 0.3) is 0 Å². The molecule has 2 N–H and O–H groups in total. The highest BCUT2D eigenvalue weighted by Crippen LogP contribution is 2.26. The number of hydrogen-bond donors (Lipinski definition) is 1. The van der Waals surface area contributed by atoms with E-state index in [2.05, 4.69) is 58.5 Å². The van der Waals surface area contributed by atoms with Crippen LogP contribution in [0.4, 0.5) is 11.4 Å². The first-order valence-corrected chi connectivity index (χ1v) is 7.70. The minimum atomic E-state index is 0.679. The quantitative estimate of drug-likeness (QED) is 0.663. The molecule has 1 aliphatic heterocycles. The first-order valence-electron chi connectivity index (χ1n) is 6.62. The van der Waals surface area contributed by atoms with Crippen molar-refractivity contribution < 1.29 is 0 Å². The molecular formula is C14H22IN3. The lowest BCUT2D eigenvalue weighted by Gasteiger charge is -2.29. The smallest absolute Gasteiger partial charge is 0.0598 e. The van der Waals surface area contributed by atoms with Crippen LogP contribution in [0.5, 0.6) is 0 Å². The number of likely N-dealkylation sites (N-methyl/N-ethyl adjacent to an activating group) is 2. The summed E-state index contributed by atoms with van der Waals surface area (Å²) >= 11 is 2.30. The number of rotatable bonds is 4. The van der Waals surface area contributed by atoms with Gasteiger partial charge in [-0.2, -0.15) is 0 Å². The van der Waals surface area contributed by atoms with Gasteiger partial charge in [-0.15, -0.1) is 0 Å². The van der Waals surface area contributed by atoms with Gasteiger partial charge in [-0.05, 0) is 66.7 Å². The number of likely N-dealkylation sites (tertiary alicyclic amines) is 1. The van der Waals surface area contributed by atoms with E-state index in [0.717, 1.165) is 24.5 Å². The molecule has 0 spiro atoms. The van der Waals surface area contributed by atoms with Crippen molar-refractivity contribution in [1.29, 1.82) is 0 Å². The van der Waals surface area contributed by atoms with Crippen molar-refractivity contribution in [3.63, 3.8) is 0 Å². The van der Waals surface area contributed by atoms with E-state index in [4.69, 9.17) is 5.73 Å². The normalized spacial score (nSPS) is 20.3. The van der Waals surface area contributed by atoms with Crippen LogP contribution >= 0.6 is 22.6 Å². The molecule has 1 heterocycles. The third-order valence-electron chi connectivity index (χ3n) is 3.79. The molecule has 1 atom stereocenters. The Balaban J connectivity index is 2.05. The molecular weight excluding hydrogens is 337 g/mol. The molecule has 0 bridgehead atoms. The lowest BCUT2D eigenvalue weighted by molar-refractivity contribution is 0.270. The average molecular weight is 359 g/mol. The highest BCUT2D eigenvalue weighted by Gasteiger charge is 2.24. The molecule has 0 aromatic heterocycles. The second kappa shape index (κ2) is 6.10. The summed E-state index contributed by atoms with van der Waals surface area (Å²) in [6.07, 6.45) is 2.64. The zero-order valence-electron chi connectivity index (χ0n) is 11.2. The molecule has 0 aliphatic carbocycles. The Morgan fingerprint density at radius 3 is 2.94 bits per heavy atom. The van der Waals surface area contributed by atoms with Gasteiger partial charge in [-0.1, -0.05) is 6.92 Å². The fraction of sp³-hybridized carbons (Fsp3) is 0.571. The number of benzene rings is 1. The molecule has 1 aromatic carbocycles. The van der Waals surface area contributed by atoms with Gasteiger partial charge in [0.2, 0.25) is 0 Å². The summed E-state index contributed by atoms with van der Waals surface area (Å²) < 4.78 is 1.19. The van der Waals surface area contributed by atoms with Crippen LogP contribution in [0.3, 0.4) is 0 Å². The number of hydrogen-bond acceptors (Lipinski definition) is 3. The van der Waals surface area contributed by atoms with Gasteiger partial charge < -0.3 is 10.6 Å². The summed E-state index contributed by atoms with van der Waals surface area (Å²) in [6.45, 7) is 5.72. The van der Waals surface area contributed by atoms with Gasteiger partial charge in [0, 0.05) is 23.2 Å². The highest BCUT2D eigenvalue weighted by molar-refractivity contribution is 14.1. The third-order valence-corrected chi connectivity index (χ3v) is 4.46. The number of nitrogens with two attached hydrogens (primary N) is 1. The second-order valence-corrected chi connectivity index (χ2v) is 6.25. The fourth-order valence-corrected chi connectivity index (χ4v) is 3.32. The maximum Gasteiger partial charge on any atom is 0.0598 e. The fourth-order valence-electron chi connectivity index (χ4n) is 2.81. The molecule has 0 radical (unpaired) electrons. The molecule has 18 heavy (non-hydrogen) atoms. The molecule has 0 amide bonds. The topological polar surface area (TPSA) is 32.5 Å². The Morgan fingerprint density at radius 1 is 1.50 bits per heavy atom. The van der Waals surface area contributed by atoms with Gasteiger partial charge in [0.25, 0.3) is 0 Å². The summed E-state index contributed by atoms with van der Waals surface area (Å²) in [4.78, 5) is 4.86. The van der Waals surface area contributed by atoms with Crippen LogP contribution < -0.4 is 10.6 Å². The molecule has 100 valence electrons. The van der Waals surface area contributed by atoms with Gasteiger partial charge in [0.1, 0.15) is 0 Å². The van der Waals surface area contributed by atoms with Gasteiger partial charge in [0.05, 0.1) is 11.4 Å². The van der Waals surface area contributed by atoms with Crippen molar-refractivity contribution >= 4 is 34.0 Å². The van der Waals surface area contributed by atoms with Crippen LogP contribution in [0.15, 0.2) is 18.2 Å². The van der Waals surface area contributed by atoms with E-state index < -0.39 is 0 Å². The minimum absolute atomic E-state index is 0.679. The van der Waals surface area contributed by atoms with Gasteiger partial charge in [0.15, 0.2) is 0 Å². The van der Waals surface area contributed by atoms with Crippen LogP contribution in [-0.4, -0.2) is 37.6 Å². The number of halogens is 1. The van der Waals surface area contributed by atoms with Crippen molar-refractivity contribution in [2.24, 2.45) is 0 Å². The molecule has 1 unspecified atom stereocenters.